The Morgan fingerprint density at radius 2 is 1.77 bits per heavy atom. The Hall–Kier alpha value is -3.37. The number of piperidine rings is 1. The summed E-state index contributed by atoms with van der Waals surface area (Å²) in [4.78, 5) is 40.0. The monoisotopic (exact) mass is 550 g/mol. The lowest BCUT2D eigenvalue weighted by molar-refractivity contribution is -0.192. The number of alkyl halides is 3. The van der Waals surface area contributed by atoms with E-state index in [1.165, 1.54) is 0 Å². The lowest BCUT2D eigenvalue weighted by Gasteiger charge is -2.42. The zero-order valence-corrected chi connectivity index (χ0v) is 22.8. The molecule has 2 saturated heterocycles. The van der Waals surface area contributed by atoms with Crippen LogP contribution in [0.4, 0.5) is 13.2 Å². The summed E-state index contributed by atoms with van der Waals surface area (Å²) >= 11 is 0. The number of carboxylic acids is 1. The van der Waals surface area contributed by atoms with Crippen molar-refractivity contribution < 1.29 is 32.7 Å². The normalized spacial score (nSPS) is 21.5. The summed E-state index contributed by atoms with van der Waals surface area (Å²) in [6.45, 7) is 10.9. The number of likely N-dealkylation sites (tertiary alicyclic amines) is 2. The Kier molecular flexibility index (Phi) is 9.45. The minimum atomic E-state index is -5.08. The van der Waals surface area contributed by atoms with Gasteiger partial charge in [-0.25, -0.2) is 4.79 Å². The largest absolute Gasteiger partial charge is 0.490 e. The number of halogens is 3. The number of rotatable bonds is 6. The van der Waals surface area contributed by atoms with Crippen LogP contribution in [0.25, 0.3) is 0 Å². The molecular formula is C28H37F3N4O4. The van der Waals surface area contributed by atoms with E-state index in [2.05, 4.69) is 44.9 Å². The predicted octanol–water partition coefficient (Wildman–Crippen LogP) is 4.88. The van der Waals surface area contributed by atoms with Gasteiger partial charge < -0.3 is 14.9 Å². The van der Waals surface area contributed by atoms with Crippen LogP contribution in [0, 0.1) is 11.3 Å². The van der Waals surface area contributed by atoms with Crippen LogP contribution in [0.15, 0.2) is 42.6 Å². The first-order valence-electron chi connectivity index (χ1n) is 13.2. The van der Waals surface area contributed by atoms with Crippen LogP contribution < -0.4 is 0 Å². The van der Waals surface area contributed by atoms with E-state index in [9.17, 15) is 22.8 Å². The molecule has 8 nitrogen and oxygen atoms in total. The van der Waals surface area contributed by atoms with Crippen molar-refractivity contribution >= 4 is 17.8 Å². The molecule has 214 valence electrons. The molecule has 0 radical (unpaired) electrons. The van der Waals surface area contributed by atoms with Crippen LogP contribution in [0.2, 0.25) is 0 Å². The van der Waals surface area contributed by atoms with Crippen molar-refractivity contribution in [3.05, 3.63) is 53.9 Å². The highest BCUT2D eigenvalue weighted by Crippen LogP contribution is 2.50. The second kappa shape index (κ2) is 12.2. The van der Waals surface area contributed by atoms with Crippen molar-refractivity contribution in [3.8, 4) is 0 Å². The minimum absolute atomic E-state index is 0.0328. The molecule has 39 heavy (non-hydrogen) atoms. The van der Waals surface area contributed by atoms with Crippen molar-refractivity contribution in [2.45, 2.75) is 71.6 Å². The fraction of sp³-hybridized carbons (Fsp3) is 0.571. The zero-order chi connectivity index (χ0) is 29.0. The fourth-order valence-corrected chi connectivity index (χ4v) is 5.52. The number of aliphatic carboxylic acids is 1. The van der Waals surface area contributed by atoms with E-state index in [-0.39, 0.29) is 23.8 Å². The van der Waals surface area contributed by atoms with Crippen molar-refractivity contribution in [1.29, 1.82) is 0 Å². The quantitative estimate of drug-likeness (QED) is 0.553. The summed E-state index contributed by atoms with van der Waals surface area (Å²) < 4.78 is 33.8. The highest BCUT2D eigenvalue weighted by atomic mass is 19.4. The van der Waals surface area contributed by atoms with E-state index >= 15 is 0 Å². The predicted molar refractivity (Wildman–Crippen MR) is 139 cm³/mol. The summed E-state index contributed by atoms with van der Waals surface area (Å²) in [7, 11) is 0. The number of carboxylic acid groups (broad SMARTS) is 1. The molecule has 0 saturated carbocycles. The minimum Gasteiger partial charge on any atom is -0.475 e. The first-order chi connectivity index (χ1) is 18.3. The van der Waals surface area contributed by atoms with Gasteiger partial charge in [-0.2, -0.15) is 18.3 Å². The molecule has 1 spiro atoms. The highest BCUT2D eigenvalue weighted by Gasteiger charge is 2.57. The molecule has 3 heterocycles. The maximum absolute atomic E-state index is 14.1. The Bertz CT molecular complexity index is 1150. The van der Waals surface area contributed by atoms with E-state index in [1.54, 1.807) is 0 Å². The first kappa shape index (κ1) is 30.2. The van der Waals surface area contributed by atoms with Gasteiger partial charge in [0, 0.05) is 56.5 Å². The standard InChI is InChI=1S/C26H36N4O2.C2HF3O2/c1-19(2)15-24(31)29-17-22(23-11-13-27-30(23)20(3)4)26(18-29)12-8-14-28(25(26)32)16-21-9-6-5-7-10-21;3-2(4,5)1(6)7/h5-7,9-11,13,19-20,22H,8,12,14-18H2,1-4H3;(H,6,7)/t22-,26+;/m0./s1. The second-order valence-corrected chi connectivity index (χ2v) is 11.0. The molecule has 4 rings (SSSR count). The van der Waals surface area contributed by atoms with Crippen LogP contribution in [-0.4, -0.2) is 68.3 Å². The third kappa shape index (κ3) is 6.99. The van der Waals surface area contributed by atoms with Gasteiger partial charge >= 0.3 is 12.1 Å². The average molecular weight is 551 g/mol. The van der Waals surface area contributed by atoms with Crippen LogP contribution in [0.3, 0.4) is 0 Å². The molecule has 1 N–H and O–H groups in total. The van der Waals surface area contributed by atoms with Gasteiger partial charge in [0.1, 0.15) is 0 Å². The van der Waals surface area contributed by atoms with Crippen molar-refractivity contribution in [1.82, 2.24) is 19.6 Å². The van der Waals surface area contributed by atoms with E-state index in [1.807, 2.05) is 44.9 Å². The number of nitrogens with zero attached hydrogens (tertiary/aromatic N) is 4. The molecule has 0 bridgehead atoms. The van der Waals surface area contributed by atoms with Crippen molar-refractivity contribution in [2.75, 3.05) is 19.6 Å². The lowest BCUT2D eigenvalue weighted by Crippen LogP contribution is -2.52. The van der Waals surface area contributed by atoms with E-state index in [4.69, 9.17) is 9.90 Å². The van der Waals surface area contributed by atoms with Gasteiger partial charge in [0.05, 0.1) is 5.41 Å². The Morgan fingerprint density at radius 3 is 2.33 bits per heavy atom. The number of hydrogen-bond donors (Lipinski definition) is 1. The third-order valence-corrected chi connectivity index (χ3v) is 7.25. The molecule has 2 aliphatic heterocycles. The summed E-state index contributed by atoms with van der Waals surface area (Å²) in [6.07, 6.45) is -0.960. The zero-order valence-electron chi connectivity index (χ0n) is 22.8. The van der Waals surface area contributed by atoms with Gasteiger partial charge in [-0.05, 0) is 44.2 Å². The van der Waals surface area contributed by atoms with Crippen molar-refractivity contribution in [2.24, 2.45) is 11.3 Å². The smallest absolute Gasteiger partial charge is 0.475 e. The molecule has 0 aliphatic carbocycles. The molecule has 2 fully saturated rings. The second-order valence-electron chi connectivity index (χ2n) is 11.0. The topological polar surface area (TPSA) is 95.7 Å². The number of carbonyl (C=O) groups excluding carboxylic acids is 2. The van der Waals surface area contributed by atoms with Crippen LogP contribution in [0.5, 0.6) is 0 Å². The average Bonchev–Trinajstić information content (AvgIpc) is 3.48. The highest BCUT2D eigenvalue weighted by molar-refractivity contribution is 5.87. The van der Waals surface area contributed by atoms with Crippen LogP contribution >= 0.6 is 0 Å². The molecule has 2 amide bonds. The molecule has 1 aromatic carbocycles. The van der Waals surface area contributed by atoms with E-state index < -0.39 is 17.6 Å². The first-order valence-corrected chi connectivity index (χ1v) is 13.2. The SMILES string of the molecule is CC(C)CC(=O)N1C[C@@H](c2ccnn2C(C)C)[C@@]2(CCCN(Cc3ccccc3)C2=O)C1.O=C(O)C(F)(F)F. The molecule has 2 aromatic rings. The van der Waals surface area contributed by atoms with Gasteiger partial charge in [-0.3, -0.25) is 14.3 Å². The van der Waals surface area contributed by atoms with Gasteiger partial charge in [-0.1, -0.05) is 44.2 Å². The van der Waals surface area contributed by atoms with Gasteiger partial charge in [0.25, 0.3) is 0 Å². The van der Waals surface area contributed by atoms with Crippen molar-refractivity contribution in [3.63, 3.8) is 0 Å². The molecule has 11 heteroatoms. The summed E-state index contributed by atoms with van der Waals surface area (Å²) in [5.41, 5.74) is 1.65. The van der Waals surface area contributed by atoms with Gasteiger partial charge in [0.15, 0.2) is 0 Å². The van der Waals surface area contributed by atoms with E-state index in [0.717, 1.165) is 30.6 Å². The van der Waals surface area contributed by atoms with E-state index in [0.29, 0.717) is 32.0 Å². The third-order valence-electron chi connectivity index (χ3n) is 7.25. The lowest BCUT2D eigenvalue weighted by atomic mass is 9.70. The summed E-state index contributed by atoms with van der Waals surface area (Å²) in [5, 5.41) is 11.7. The Labute approximate surface area is 226 Å². The Balaban J connectivity index is 0.000000532. The molecule has 2 aliphatic rings. The molecular weight excluding hydrogens is 513 g/mol. The summed E-state index contributed by atoms with van der Waals surface area (Å²) in [6, 6.07) is 12.4. The maximum atomic E-state index is 14.1. The van der Waals surface area contributed by atoms with Crippen LogP contribution in [-0.2, 0) is 20.9 Å². The molecule has 2 atom stereocenters. The molecule has 0 unspecified atom stereocenters. The van der Waals surface area contributed by atoms with Gasteiger partial charge in [0.2, 0.25) is 11.8 Å². The fourth-order valence-electron chi connectivity index (χ4n) is 5.52. The van der Waals surface area contributed by atoms with Gasteiger partial charge in [-0.15, -0.1) is 0 Å². The number of benzene rings is 1. The summed E-state index contributed by atoms with van der Waals surface area (Å²) in [5.74, 6) is -2.14. The number of carbonyl (C=O) groups is 3. The number of aromatic nitrogens is 2. The maximum Gasteiger partial charge on any atom is 0.490 e. The number of hydrogen-bond acceptors (Lipinski definition) is 4. The molecule has 1 aromatic heterocycles. The van der Waals surface area contributed by atoms with Crippen LogP contribution in [0.1, 0.15) is 70.2 Å². The number of amides is 2. The Morgan fingerprint density at radius 1 is 1.13 bits per heavy atom.